The third-order valence-electron chi connectivity index (χ3n) is 6.73. The number of hydrogen-bond acceptors (Lipinski definition) is 4. The van der Waals surface area contributed by atoms with Gasteiger partial charge in [0.15, 0.2) is 0 Å². The molecule has 2 atom stereocenters. The van der Waals surface area contributed by atoms with Crippen LogP contribution < -0.4 is 18.1 Å². The number of hydrogen-bond donors (Lipinski definition) is 1. The Morgan fingerprint density at radius 1 is 1.00 bits per heavy atom. The number of rotatable bonds is 11. The van der Waals surface area contributed by atoms with E-state index in [0.717, 1.165) is 48.1 Å². The van der Waals surface area contributed by atoms with E-state index in [1.165, 1.54) is 6.42 Å². The van der Waals surface area contributed by atoms with E-state index < -0.39 is 0 Å². The maximum absolute atomic E-state index is 12.6. The molecule has 1 fully saturated rings. The predicted octanol–water partition coefficient (Wildman–Crippen LogP) is 2.60. The third-order valence-corrected chi connectivity index (χ3v) is 6.98. The number of ether oxygens (including phenoxy) is 2. The number of piperidine rings is 1. The minimum atomic E-state index is -0.251. The van der Waals surface area contributed by atoms with E-state index in [1.807, 2.05) is 56.3 Å². The van der Waals surface area contributed by atoms with Crippen molar-refractivity contribution >= 4 is 30.0 Å². The molecule has 1 aliphatic heterocycles. The van der Waals surface area contributed by atoms with Crippen molar-refractivity contribution in [2.75, 3.05) is 39.5 Å². The van der Waals surface area contributed by atoms with Gasteiger partial charge in [-0.25, -0.2) is 0 Å². The number of nitrogens with zero attached hydrogens (tertiary/aromatic N) is 1. The highest BCUT2D eigenvalue weighted by Gasteiger charge is 2.33. The Hall–Kier alpha value is -1.34. The van der Waals surface area contributed by atoms with E-state index >= 15 is 0 Å². The Labute approximate surface area is 227 Å². The van der Waals surface area contributed by atoms with Crippen molar-refractivity contribution < 1.29 is 31.2 Å². The number of carbonyl (C=O) groups is 1. The van der Waals surface area contributed by atoms with Gasteiger partial charge in [-0.05, 0) is 48.4 Å². The van der Waals surface area contributed by atoms with Crippen LogP contribution in [-0.2, 0) is 14.3 Å². The van der Waals surface area contributed by atoms with Gasteiger partial charge in [0.2, 0.25) is 6.73 Å². The highest BCUT2D eigenvalue weighted by molar-refractivity contribution is 6.30. The van der Waals surface area contributed by atoms with Gasteiger partial charge in [0.1, 0.15) is 12.6 Å². The van der Waals surface area contributed by atoms with Crippen LogP contribution in [0.1, 0.15) is 50.3 Å². The number of benzene rings is 2. The number of quaternary nitrogens is 1. The summed E-state index contributed by atoms with van der Waals surface area (Å²) >= 11 is 6.11. The summed E-state index contributed by atoms with van der Waals surface area (Å²) in [6.07, 6.45) is 3.34. The normalized spacial score (nSPS) is 16.5. The lowest BCUT2D eigenvalue weighted by molar-refractivity contribution is -0.948. The quantitative estimate of drug-likeness (QED) is 0.348. The van der Waals surface area contributed by atoms with Gasteiger partial charge in [-0.15, -0.1) is 12.4 Å². The zero-order valence-electron chi connectivity index (χ0n) is 20.7. The van der Waals surface area contributed by atoms with Gasteiger partial charge in [0, 0.05) is 11.6 Å². The summed E-state index contributed by atoms with van der Waals surface area (Å²) < 4.78 is 13.1. The van der Waals surface area contributed by atoms with Crippen molar-refractivity contribution in [1.29, 1.82) is 0 Å². The predicted molar refractivity (Wildman–Crippen MR) is 140 cm³/mol. The topological polar surface area (TPSA) is 61.6 Å². The van der Waals surface area contributed by atoms with Gasteiger partial charge in [-0.3, -0.25) is 9.28 Å². The number of esters is 1. The molecule has 196 valence electrons. The van der Waals surface area contributed by atoms with Crippen molar-refractivity contribution in [3.8, 4) is 0 Å². The second-order valence-corrected chi connectivity index (χ2v) is 9.90. The molecule has 0 aliphatic carbocycles. The standard InChI is InChI=1S/C27H38ClN2O3.2ClH/c1-21(2)25(19-29)27(31)33-20-30(15-7-4-8-16-30)17-18-32-26(22-9-5-3-6-10-22)23-11-13-24(28)14-12-23;;/h3,5-6,9-14,21,25-26H,4,7-8,15-20,29H2,1-2H3;2*1H/q+1;;/p-1. The van der Waals surface area contributed by atoms with Crippen LogP contribution >= 0.6 is 24.0 Å². The molecule has 2 N–H and O–H groups in total. The SMILES string of the molecule is CC(C)C(CN)C(=O)OC[N+]1(CCOC(c2ccccc2)c2ccc(Cl)cc2)CCCCC1.Cl.[Cl-]. The summed E-state index contributed by atoms with van der Waals surface area (Å²) in [4.78, 5) is 12.6. The zero-order valence-corrected chi connectivity index (χ0v) is 23.0. The molecule has 8 heteroatoms. The molecule has 2 aromatic carbocycles. The van der Waals surface area contributed by atoms with Gasteiger partial charge in [0.05, 0.1) is 25.6 Å². The lowest BCUT2D eigenvalue weighted by Gasteiger charge is -2.41. The van der Waals surface area contributed by atoms with Crippen LogP contribution in [0.5, 0.6) is 0 Å². The van der Waals surface area contributed by atoms with E-state index in [2.05, 4.69) is 12.1 Å². The summed E-state index contributed by atoms with van der Waals surface area (Å²) in [7, 11) is 0. The molecule has 2 aromatic rings. The Kier molecular flexibility index (Phi) is 14.2. The molecule has 35 heavy (non-hydrogen) atoms. The lowest BCUT2D eigenvalue weighted by Crippen LogP contribution is -3.00. The van der Waals surface area contributed by atoms with Gasteiger partial charge in [-0.2, -0.15) is 0 Å². The molecule has 0 spiro atoms. The van der Waals surface area contributed by atoms with Crippen molar-refractivity contribution in [2.24, 2.45) is 17.6 Å². The molecule has 0 amide bonds. The van der Waals surface area contributed by atoms with Crippen LogP contribution in [0.2, 0.25) is 5.02 Å². The fourth-order valence-corrected chi connectivity index (χ4v) is 4.69. The Morgan fingerprint density at radius 2 is 1.60 bits per heavy atom. The molecule has 0 bridgehead atoms. The lowest BCUT2D eigenvalue weighted by atomic mass is 9.96. The summed E-state index contributed by atoms with van der Waals surface area (Å²) in [5, 5.41) is 0.711. The van der Waals surface area contributed by atoms with Crippen molar-refractivity contribution in [2.45, 2.75) is 39.2 Å². The third kappa shape index (κ3) is 9.23. The Bertz CT molecular complexity index is 860. The molecule has 1 heterocycles. The highest BCUT2D eigenvalue weighted by Crippen LogP contribution is 2.28. The molecular formula is C27H39Cl3N2O3. The van der Waals surface area contributed by atoms with Crippen LogP contribution in [0, 0.1) is 11.8 Å². The van der Waals surface area contributed by atoms with E-state index in [1.54, 1.807) is 0 Å². The molecular weight excluding hydrogens is 507 g/mol. The molecule has 2 unspecified atom stereocenters. The fraction of sp³-hybridized carbons (Fsp3) is 0.519. The molecule has 1 aliphatic rings. The zero-order chi connectivity index (χ0) is 23.7. The number of carbonyl (C=O) groups excluding carboxylic acids is 1. The highest BCUT2D eigenvalue weighted by atomic mass is 35.5. The molecule has 0 saturated carbocycles. The second-order valence-electron chi connectivity index (χ2n) is 9.46. The second kappa shape index (κ2) is 15.7. The fourth-order valence-electron chi connectivity index (χ4n) is 4.56. The van der Waals surface area contributed by atoms with E-state index in [4.69, 9.17) is 26.8 Å². The molecule has 5 nitrogen and oxygen atoms in total. The van der Waals surface area contributed by atoms with Gasteiger partial charge < -0.3 is 27.6 Å². The maximum atomic E-state index is 12.6. The number of likely N-dealkylation sites (tertiary alicyclic amines) is 1. The Balaban J connectivity index is 0.00000306. The van der Waals surface area contributed by atoms with Gasteiger partial charge in [0.25, 0.3) is 0 Å². The van der Waals surface area contributed by atoms with Crippen molar-refractivity contribution in [1.82, 2.24) is 0 Å². The minimum Gasteiger partial charge on any atom is -1.00 e. The van der Waals surface area contributed by atoms with E-state index in [0.29, 0.717) is 24.9 Å². The van der Waals surface area contributed by atoms with Crippen LogP contribution in [0.25, 0.3) is 0 Å². The van der Waals surface area contributed by atoms with Gasteiger partial charge >= 0.3 is 5.97 Å². The average Bonchev–Trinajstić information content (AvgIpc) is 2.83. The summed E-state index contributed by atoms with van der Waals surface area (Å²) in [5.41, 5.74) is 8.00. The summed E-state index contributed by atoms with van der Waals surface area (Å²) in [6, 6.07) is 18.1. The largest absolute Gasteiger partial charge is 1.00 e. The molecule has 1 saturated heterocycles. The first kappa shape index (κ1) is 31.7. The summed E-state index contributed by atoms with van der Waals surface area (Å²) in [6.45, 7) is 8.12. The number of halogens is 3. The molecule has 3 rings (SSSR count). The van der Waals surface area contributed by atoms with Crippen LogP contribution in [-0.4, -0.2) is 50.0 Å². The average molecular weight is 546 g/mol. The van der Waals surface area contributed by atoms with Crippen LogP contribution in [0.3, 0.4) is 0 Å². The maximum Gasteiger partial charge on any atom is 0.314 e. The smallest absolute Gasteiger partial charge is 0.314 e. The Morgan fingerprint density at radius 3 is 2.17 bits per heavy atom. The van der Waals surface area contributed by atoms with E-state index in [-0.39, 0.29) is 48.7 Å². The van der Waals surface area contributed by atoms with Crippen LogP contribution in [0.4, 0.5) is 0 Å². The van der Waals surface area contributed by atoms with Crippen LogP contribution in [0.15, 0.2) is 54.6 Å². The van der Waals surface area contributed by atoms with Crippen molar-refractivity contribution in [3.63, 3.8) is 0 Å². The first-order valence-corrected chi connectivity index (χ1v) is 12.5. The van der Waals surface area contributed by atoms with Crippen molar-refractivity contribution in [3.05, 3.63) is 70.7 Å². The first-order chi connectivity index (χ1) is 15.9. The summed E-state index contributed by atoms with van der Waals surface area (Å²) in [5.74, 6) is -0.259. The first-order valence-electron chi connectivity index (χ1n) is 12.1. The minimum absolute atomic E-state index is 0. The molecule has 0 radical (unpaired) electrons. The van der Waals surface area contributed by atoms with Gasteiger partial charge in [-0.1, -0.05) is 67.9 Å². The molecule has 0 aromatic heterocycles. The monoisotopic (exact) mass is 544 g/mol. The van der Waals surface area contributed by atoms with E-state index in [9.17, 15) is 4.79 Å². The number of nitrogens with two attached hydrogens (primary N) is 1.